The molecule has 106 valence electrons. The maximum absolute atomic E-state index is 13.5. The van der Waals surface area contributed by atoms with Crippen molar-refractivity contribution in [2.75, 3.05) is 4.72 Å². The van der Waals surface area contributed by atoms with Crippen molar-refractivity contribution in [1.29, 1.82) is 0 Å². The summed E-state index contributed by atoms with van der Waals surface area (Å²) in [6.45, 7) is 0. The molecule has 8 heteroatoms. The van der Waals surface area contributed by atoms with Crippen LogP contribution in [0, 0.1) is 5.82 Å². The van der Waals surface area contributed by atoms with Gasteiger partial charge < -0.3 is 9.67 Å². The van der Waals surface area contributed by atoms with E-state index in [2.05, 4.69) is 4.72 Å². The van der Waals surface area contributed by atoms with Crippen LogP contribution in [-0.4, -0.2) is 24.1 Å². The lowest BCUT2D eigenvalue weighted by molar-refractivity contribution is 0.0692. The number of benzene rings is 1. The highest BCUT2D eigenvalue weighted by atomic mass is 32.2. The zero-order valence-electron chi connectivity index (χ0n) is 10.4. The van der Waals surface area contributed by atoms with E-state index in [1.165, 1.54) is 18.3 Å². The Kier molecular flexibility index (Phi) is 3.49. The third-order valence-corrected chi connectivity index (χ3v) is 3.93. The molecule has 20 heavy (non-hydrogen) atoms. The number of aromatic nitrogens is 1. The predicted octanol–water partition coefficient (Wildman–Crippen LogP) is 1.66. The number of nitrogens with zero attached hydrogens (tertiary/aromatic N) is 1. The Labute approximate surface area is 114 Å². The number of carbonyl (C=O) groups is 1. The summed E-state index contributed by atoms with van der Waals surface area (Å²) in [5.41, 5.74) is -0.566. The number of anilines is 1. The standard InChI is InChI=1S/C12H11FN2O4S/c1-15-5-4-9(7-15)20(18,19)14-8-2-3-10(12(16)17)11(13)6-8/h2-7,14H,1H3,(H,16,17). The first-order valence-corrected chi connectivity index (χ1v) is 6.95. The molecule has 6 nitrogen and oxygen atoms in total. The van der Waals surface area contributed by atoms with E-state index < -0.39 is 27.4 Å². The molecule has 1 heterocycles. The monoisotopic (exact) mass is 298 g/mol. The fraction of sp³-hybridized carbons (Fsp3) is 0.0833. The summed E-state index contributed by atoms with van der Waals surface area (Å²) in [5, 5.41) is 8.69. The number of carboxylic acid groups (broad SMARTS) is 1. The molecule has 0 aliphatic rings. The minimum absolute atomic E-state index is 0.0303. The van der Waals surface area contributed by atoms with Crippen molar-refractivity contribution in [3.63, 3.8) is 0 Å². The van der Waals surface area contributed by atoms with Gasteiger partial charge in [-0.05, 0) is 24.3 Å². The Morgan fingerprint density at radius 3 is 2.55 bits per heavy atom. The number of aryl methyl sites for hydroxylation is 1. The quantitative estimate of drug-likeness (QED) is 0.898. The van der Waals surface area contributed by atoms with Crippen LogP contribution in [0.1, 0.15) is 10.4 Å². The second-order valence-corrected chi connectivity index (χ2v) is 5.80. The lowest BCUT2D eigenvalue weighted by atomic mass is 10.2. The highest BCUT2D eigenvalue weighted by molar-refractivity contribution is 7.92. The van der Waals surface area contributed by atoms with Gasteiger partial charge in [0, 0.05) is 19.4 Å². The maximum atomic E-state index is 13.5. The van der Waals surface area contributed by atoms with Crippen molar-refractivity contribution in [2.24, 2.45) is 7.05 Å². The summed E-state index contributed by atoms with van der Waals surface area (Å²) < 4.78 is 41.2. The van der Waals surface area contributed by atoms with Crippen LogP contribution < -0.4 is 4.72 Å². The van der Waals surface area contributed by atoms with Crippen LogP contribution >= 0.6 is 0 Å². The number of aromatic carboxylic acids is 1. The molecular formula is C12H11FN2O4S. The Bertz CT molecular complexity index is 768. The molecule has 0 radical (unpaired) electrons. The smallest absolute Gasteiger partial charge is 0.338 e. The fourth-order valence-electron chi connectivity index (χ4n) is 1.60. The average molecular weight is 298 g/mol. The number of hydrogen-bond acceptors (Lipinski definition) is 3. The van der Waals surface area contributed by atoms with Crippen molar-refractivity contribution in [1.82, 2.24) is 4.57 Å². The van der Waals surface area contributed by atoms with Gasteiger partial charge in [0.05, 0.1) is 11.3 Å². The summed E-state index contributed by atoms with van der Waals surface area (Å²) >= 11 is 0. The Morgan fingerprint density at radius 1 is 1.35 bits per heavy atom. The topological polar surface area (TPSA) is 88.4 Å². The largest absolute Gasteiger partial charge is 0.478 e. The highest BCUT2D eigenvalue weighted by Gasteiger charge is 2.17. The lowest BCUT2D eigenvalue weighted by Crippen LogP contribution is -2.13. The minimum atomic E-state index is -3.83. The summed E-state index contributed by atoms with van der Waals surface area (Å²) in [6.07, 6.45) is 2.95. The third-order valence-electron chi connectivity index (χ3n) is 2.57. The van der Waals surface area contributed by atoms with Gasteiger partial charge in [-0.2, -0.15) is 0 Å². The molecule has 0 fully saturated rings. The Hall–Kier alpha value is -2.35. The molecule has 0 amide bonds. The number of rotatable bonds is 4. The maximum Gasteiger partial charge on any atom is 0.338 e. The van der Waals surface area contributed by atoms with E-state index in [0.717, 1.165) is 12.1 Å². The number of nitrogens with one attached hydrogen (secondary N) is 1. The SMILES string of the molecule is Cn1ccc(S(=O)(=O)Nc2ccc(C(=O)O)c(F)c2)c1. The minimum Gasteiger partial charge on any atom is -0.478 e. The van der Waals surface area contributed by atoms with Gasteiger partial charge >= 0.3 is 5.97 Å². The molecule has 0 aliphatic carbocycles. The molecule has 2 aromatic rings. The van der Waals surface area contributed by atoms with Crippen molar-refractivity contribution >= 4 is 21.7 Å². The summed E-state index contributed by atoms with van der Waals surface area (Å²) in [7, 11) is -2.16. The summed E-state index contributed by atoms with van der Waals surface area (Å²) in [6, 6.07) is 4.40. The van der Waals surface area contributed by atoms with Gasteiger partial charge in [0.15, 0.2) is 0 Å². The Balaban J connectivity index is 2.30. The van der Waals surface area contributed by atoms with Gasteiger partial charge in [-0.15, -0.1) is 0 Å². The predicted molar refractivity (Wildman–Crippen MR) is 69.6 cm³/mol. The van der Waals surface area contributed by atoms with Crippen molar-refractivity contribution in [3.8, 4) is 0 Å². The molecule has 0 aliphatic heterocycles. The van der Waals surface area contributed by atoms with E-state index >= 15 is 0 Å². The molecule has 2 rings (SSSR count). The molecule has 2 N–H and O–H groups in total. The van der Waals surface area contributed by atoms with Gasteiger partial charge in [0.25, 0.3) is 10.0 Å². The van der Waals surface area contributed by atoms with E-state index in [1.54, 1.807) is 17.8 Å². The first kappa shape index (κ1) is 14.1. The van der Waals surface area contributed by atoms with Crippen LogP contribution in [0.3, 0.4) is 0 Å². The molecule has 0 atom stereocenters. The first-order valence-electron chi connectivity index (χ1n) is 5.47. The van der Waals surface area contributed by atoms with Crippen molar-refractivity contribution in [3.05, 3.63) is 48.0 Å². The number of sulfonamides is 1. The molecule has 0 bridgehead atoms. The summed E-state index contributed by atoms with van der Waals surface area (Å²) in [4.78, 5) is 10.7. The molecule has 1 aromatic carbocycles. The van der Waals surface area contributed by atoms with Crippen molar-refractivity contribution in [2.45, 2.75) is 4.90 Å². The first-order chi connectivity index (χ1) is 9.29. The molecule has 0 spiro atoms. The van der Waals surface area contributed by atoms with Crippen molar-refractivity contribution < 1.29 is 22.7 Å². The Morgan fingerprint density at radius 2 is 2.05 bits per heavy atom. The number of hydrogen-bond donors (Lipinski definition) is 2. The normalized spacial score (nSPS) is 11.3. The van der Waals surface area contributed by atoms with Gasteiger partial charge in [-0.3, -0.25) is 4.72 Å². The van der Waals surface area contributed by atoms with E-state index in [4.69, 9.17) is 5.11 Å². The molecule has 0 saturated heterocycles. The van der Waals surface area contributed by atoms with Crippen LogP contribution in [0.4, 0.5) is 10.1 Å². The van der Waals surface area contributed by atoms with Crippen LogP contribution in [0.2, 0.25) is 0 Å². The van der Waals surface area contributed by atoms with E-state index in [9.17, 15) is 17.6 Å². The number of carboxylic acids is 1. The number of halogens is 1. The van der Waals surface area contributed by atoms with Crippen LogP contribution in [0.5, 0.6) is 0 Å². The lowest BCUT2D eigenvalue weighted by Gasteiger charge is -2.07. The average Bonchev–Trinajstić information content (AvgIpc) is 2.75. The molecule has 1 aromatic heterocycles. The van der Waals surface area contributed by atoms with Gasteiger partial charge in [0.2, 0.25) is 0 Å². The zero-order chi connectivity index (χ0) is 14.9. The third kappa shape index (κ3) is 2.80. The van der Waals surface area contributed by atoms with Crippen LogP contribution in [0.15, 0.2) is 41.6 Å². The van der Waals surface area contributed by atoms with Gasteiger partial charge in [-0.25, -0.2) is 17.6 Å². The summed E-state index contributed by atoms with van der Waals surface area (Å²) in [5.74, 6) is -2.43. The van der Waals surface area contributed by atoms with Gasteiger partial charge in [0.1, 0.15) is 10.7 Å². The zero-order valence-corrected chi connectivity index (χ0v) is 11.2. The molecular weight excluding hydrogens is 287 g/mol. The highest BCUT2D eigenvalue weighted by Crippen LogP contribution is 2.19. The van der Waals surface area contributed by atoms with Gasteiger partial charge in [-0.1, -0.05) is 0 Å². The second kappa shape index (κ2) is 4.97. The molecule has 0 saturated carbocycles. The second-order valence-electron chi connectivity index (χ2n) is 4.12. The van der Waals surface area contributed by atoms with E-state index in [0.29, 0.717) is 0 Å². The van der Waals surface area contributed by atoms with Crippen LogP contribution in [-0.2, 0) is 17.1 Å². The molecule has 0 unspecified atom stereocenters. The van der Waals surface area contributed by atoms with E-state index in [1.807, 2.05) is 0 Å². The van der Waals surface area contributed by atoms with Crippen LogP contribution in [0.25, 0.3) is 0 Å². The fourth-order valence-corrected chi connectivity index (χ4v) is 2.70. The van der Waals surface area contributed by atoms with E-state index in [-0.39, 0.29) is 10.6 Å².